The third-order valence-electron chi connectivity index (χ3n) is 3.62. The lowest BCUT2D eigenvalue weighted by Crippen LogP contribution is -2.42. The van der Waals surface area contributed by atoms with Gasteiger partial charge in [0, 0.05) is 34.7 Å². The molecule has 2 aromatic heterocycles. The van der Waals surface area contributed by atoms with E-state index in [4.69, 9.17) is 11.6 Å². The number of carbonyl (C=O) groups excluding carboxylic acids is 1. The zero-order chi connectivity index (χ0) is 17.1. The van der Waals surface area contributed by atoms with Crippen LogP contribution in [-0.4, -0.2) is 33.0 Å². The largest absolute Gasteiger partial charge is 0.480 e. The van der Waals surface area contributed by atoms with Crippen molar-refractivity contribution >= 4 is 34.4 Å². The summed E-state index contributed by atoms with van der Waals surface area (Å²) in [5.74, 6) is -1.58. The number of amides is 1. The van der Waals surface area contributed by atoms with Gasteiger partial charge in [-0.05, 0) is 42.0 Å². The normalized spacial score (nSPS) is 12.0. The molecule has 3 rings (SSSR count). The summed E-state index contributed by atoms with van der Waals surface area (Å²) < 4.78 is 0. The third kappa shape index (κ3) is 3.55. The molecule has 2 heterocycles. The fraction of sp³-hybridized carbons (Fsp3) is 0.118. The maximum Gasteiger partial charge on any atom is 0.326 e. The number of nitrogens with one attached hydrogen (secondary N) is 2. The minimum atomic E-state index is -1.10. The van der Waals surface area contributed by atoms with E-state index in [2.05, 4.69) is 15.3 Å². The maximum atomic E-state index is 12.4. The fourth-order valence-electron chi connectivity index (χ4n) is 2.42. The van der Waals surface area contributed by atoms with Crippen LogP contribution in [0.25, 0.3) is 10.9 Å². The van der Waals surface area contributed by atoms with Gasteiger partial charge in [0.25, 0.3) is 5.91 Å². The molecule has 0 radical (unpaired) electrons. The number of carboxylic acid groups (broad SMARTS) is 1. The predicted octanol–water partition coefficient (Wildman–Crippen LogP) is 2.64. The number of halogens is 1. The van der Waals surface area contributed by atoms with Crippen molar-refractivity contribution in [2.45, 2.75) is 12.5 Å². The summed E-state index contributed by atoms with van der Waals surface area (Å²) in [7, 11) is 0. The fourth-order valence-corrected chi connectivity index (χ4v) is 2.60. The molecule has 1 atom stereocenters. The van der Waals surface area contributed by atoms with Crippen LogP contribution >= 0.6 is 11.6 Å². The quantitative estimate of drug-likeness (QED) is 0.663. The lowest BCUT2D eigenvalue weighted by atomic mass is 10.1. The Bertz CT molecular complexity index is 892. The standard InChI is InChI=1S/C17H14ClN3O3/c18-12-1-2-13-11(8-12)9-14(20-13)16(22)21-15(17(23)24)7-10-3-5-19-6-4-10/h1-6,8-9,15,20H,7H2,(H,21,22)(H,23,24)/t15-/m0/s1. The van der Waals surface area contributed by atoms with Gasteiger partial charge in [-0.1, -0.05) is 11.6 Å². The highest BCUT2D eigenvalue weighted by atomic mass is 35.5. The zero-order valence-electron chi connectivity index (χ0n) is 12.5. The van der Waals surface area contributed by atoms with E-state index in [1.165, 1.54) is 0 Å². The summed E-state index contributed by atoms with van der Waals surface area (Å²) in [6, 6.07) is 9.25. The molecule has 1 amide bonds. The first-order valence-corrected chi connectivity index (χ1v) is 7.61. The summed E-state index contributed by atoms with van der Waals surface area (Å²) >= 11 is 5.93. The number of aliphatic carboxylic acids is 1. The molecular weight excluding hydrogens is 330 g/mol. The lowest BCUT2D eigenvalue weighted by molar-refractivity contribution is -0.139. The van der Waals surface area contributed by atoms with Crippen molar-refractivity contribution < 1.29 is 14.7 Å². The van der Waals surface area contributed by atoms with E-state index in [1.807, 2.05) is 0 Å². The first-order chi connectivity index (χ1) is 11.5. The molecular formula is C17H14ClN3O3. The predicted molar refractivity (Wildman–Crippen MR) is 90.1 cm³/mol. The molecule has 0 aliphatic carbocycles. The lowest BCUT2D eigenvalue weighted by Gasteiger charge is -2.14. The van der Waals surface area contributed by atoms with Gasteiger partial charge in [-0.15, -0.1) is 0 Å². The Kier molecular flexibility index (Phi) is 4.48. The minimum absolute atomic E-state index is 0.176. The van der Waals surface area contributed by atoms with E-state index < -0.39 is 17.9 Å². The number of rotatable bonds is 5. The van der Waals surface area contributed by atoms with Crippen molar-refractivity contribution in [3.8, 4) is 0 Å². The Morgan fingerprint density at radius 2 is 1.96 bits per heavy atom. The summed E-state index contributed by atoms with van der Waals surface area (Å²) in [5.41, 5.74) is 1.82. The van der Waals surface area contributed by atoms with Crippen LogP contribution in [0.2, 0.25) is 5.02 Å². The molecule has 0 saturated carbocycles. The molecule has 0 saturated heterocycles. The van der Waals surface area contributed by atoms with Crippen LogP contribution < -0.4 is 5.32 Å². The maximum absolute atomic E-state index is 12.4. The molecule has 0 fully saturated rings. The van der Waals surface area contributed by atoms with Gasteiger partial charge in [0.2, 0.25) is 0 Å². The van der Waals surface area contributed by atoms with Crippen molar-refractivity contribution in [2.75, 3.05) is 0 Å². The van der Waals surface area contributed by atoms with Crippen molar-refractivity contribution in [3.05, 3.63) is 65.1 Å². The summed E-state index contributed by atoms with van der Waals surface area (Å²) in [4.78, 5) is 30.6. The van der Waals surface area contributed by atoms with Crippen LogP contribution in [0.3, 0.4) is 0 Å². The number of H-pyrrole nitrogens is 1. The van der Waals surface area contributed by atoms with Gasteiger partial charge in [-0.25, -0.2) is 4.79 Å². The molecule has 0 bridgehead atoms. The number of aromatic amines is 1. The second kappa shape index (κ2) is 6.72. The highest BCUT2D eigenvalue weighted by molar-refractivity contribution is 6.31. The van der Waals surface area contributed by atoms with Gasteiger partial charge in [0.05, 0.1) is 0 Å². The average Bonchev–Trinajstić information content (AvgIpc) is 2.98. The van der Waals surface area contributed by atoms with Crippen molar-refractivity contribution in [2.24, 2.45) is 0 Å². The van der Waals surface area contributed by atoms with Crippen LogP contribution in [0.15, 0.2) is 48.8 Å². The van der Waals surface area contributed by atoms with Crippen molar-refractivity contribution in [3.63, 3.8) is 0 Å². The van der Waals surface area contributed by atoms with Crippen LogP contribution in [0.1, 0.15) is 16.1 Å². The van der Waals surface area contributed by atoms with E-state index in [1.54, 1.807) is 48.8 Å². The molecule has 24 heavy (non-hydrogen) atoms. The van der Waals surface area contributed by atoms with E-state index in [0.717, 1.165) is 16.5 Å². The number of carbonyl (C=O) groups is 2. The molecule has 3 N–H and O–H groups in total. The molecule has 3 aromatic rings. The summed E-state index contributed by atoms with van der Waals surface area (Å²) in [6.07, 6.45) is 3.34. The first-order valence-electron chi connectivity index (χ1n) is 7.24. The number of nitrogens with zero attached hydrogens (tertiary/aromatic N) is 1. The van der Waals surface area contributed by atoms with Crippen LogP contribution in [0.4, 0.5) is 0 Å². The Hall–Kier alpha value is -2.86. The van der Waals surface area contributed by atoms with Gasteiger partial charge in [0.15, 0.2) is 0 Å². The van der Waals surface area contributed by atoms with Gasteiger partial charge < -0.3 is 15.4 Å². The second-order valence-corrected chi connectivity index (χ2v) is 5.77. The van der Waals surface area contributed by atoms with Crippen molar-refractivity contribution in [1.82, 2.24) is 15.3 Å². The zero-order valence-corrected chi connectivity index (χ0v) is 13.2. The Labute approximate surface area is 142 Å². The van der Waals surface area contributed by atoms with E-state index in [-0.39, 0.29) is 12.1 Å². The van der Waals surface area contributed by atoms with Gasteiger partial charge in [0.1, 0.15) is 11.7 Å². The van der Waals surface area contributed by atoms with Crippen LogP contribution in [0.5, 0.6) is 0 Å². The number of fused-ring (bicyclic) bond motifs is 1. The minimum Gasteiger partial charge on any atom is -0.480 e. The third-order valence-corrected chi connectivity index (χ3v) is 3.86. The number of aromatic nitrogens is 2. The monoisotopic (exact) mass is 343 g/mol. The highest BCUT2D eigenvalue weighted by Crippen LogP contribution is 2.20. The molecule has 122 valence electrons. The molecule has 0 aliphatic rings. The van der Waals surface area contributed by atoms with Crippen LogP contribution in [0, 0.1) is 0 Å². The number of hydrogen-bond acceptors (Lipinski definition) is 3. The smallest absolute Gasteiger partial charge is 0.326 e. The Balaban J connectivity index is 1.78. The average molecular weight is 344 g/mol. The van der Waals surface area contributed by atoms with Gasteiger partial charge >= 0.3 is 5.97 Å². The van der Waals surface area contributed by atoms with E-state index in [0.29, 0.717) is 5.02 Å². The van der Waals surface area contributed by atoms with Crippen molar-refractivity contribution in [1.29, 1.82) is 0 Å². The number of benzene rings is 1. The van der Waals surface area contributed by atoms with Gasteiger partial charge in [-0.3, -0.25) is 9.78 Å². The molecule has 0 unspecified atom stereocenters. The van der Waals surface area contributed by atoms with Crippen LogP contribution in [-0.2, 0) is 11.2 Å². The molecule has 7 heteroatoms. The Morgan fingerprint density at radius 1 is 1.21 bits per heavy atom. The number of hydrogen-bond donors (Lipinski definition) is 3. The number of carboxylic acids is 1. The summed E-state index contributed by atoms with van der Waals surface area (Å²) in [6.45, 7) is 0. The molecule has 1 aromatic carbocycles. The van der Waals surface area contributed by atoms with E-state index >= 15 is 0 Å². The number of pyridine rings is 1. The van der Waals surface area contributed by atoms with E-state index in [9.17, 15) is 14.7 Å². The highest BCUT2D eigenvalue weighted by Gasteiger charge is 2.22. The summed E-state index contributed by atoms with van der Waals surface area (Å²) in [5, 5.41) is 13.2. The van der Waals surface area contributed by atoms with Gasteiger partial charge in [-0.2, -0.15) is 0 Å². The second-order valence-electron chi connectivity index (χ2n) is 5.34. The molecule has 0 spiro atoms. The topological polar surface area (TPSA) is 95.1 Å². The molecule has 0 aliphatic heterocycles. The Morgan fingerprint density at radius 3 is 2.67 bits per heavy atom. The first kappa shape index (κ1) is 16.0. The molecule has 6 nitrogen and oxygen atoms in total. The SMILES string of the molecule is O=C(N[C@@H](Cc1ccncc1)C(=O)O)c1cc2cc(Cl)ccc2[nH]1.